The van der Waals surface area contributed by atoms with Gasteiger partial charge < -0.3 is 10.2 Å². The van der Waals surface area contributed by atoms with Crippen molar-refractivity contribution in [1.82, 2.24) is 0 Å². The van der Waals surface area contributed by atoms with Gasteiger partial charge in [0.05, 0.1) is 12.2 Å². The molecule has 0 aliphatic heterocycles. The van der Waals surface area contributed by atoms with E-state index in [2.05, 4.69) is 54.7 Å². The molecular formula is C30H50O2. The summed E-state index contributed by atoms with van der Waals surface area (Å²) in [5.74, 6) is 2.23. The second kappa shape index (κ2) is 7.98. The summed E-state index contributed by atoms with van der Waals surface area (Å²) in [6.07, 6.45) is 10.7. The third kappa shape index (κ3) is 3.49. The Morgan fingerprint density at radius 1 is 0.656 bits per heavy atom. The predicted molar refractivity (Wildman–Crippen MR) is 134 cm³/mol. The van der Waals surface area contributed by atoms with Crippen LogP contribution < -0.4 is 0 Å². The van der Waals surface area contributed by atoms with Gasteiger partial charge in [-0.25, -0.2) is 0 Å². The Morgan fingerprint density at radius 3 is 1.34 bits per heavy atom. The Kier molecular flexibility index (Phi) is 6.11. The van der Waals surface area contributed by atoms with Crippen LogP contribution in [-0.2, 0) is 0 Å². The van der Waals surface area contributed by atoms with Crippen molar-refractivity contribution in [2.24, 2.45) is 45.3 Å². The Labute approximate surface area is 198 Å². The highest BCUT2D eigenvalue weighted by Crippen LogP contribution is 2.64. The third-order valence-corrected chi connectivity index (χ3v) is 11.8. The molecule has 4 aliphatic carbocycles. The van der Waals surface area contributed by atoms with Gasteiger partial charge in [0.2, 0.25) is 0 Å². The van der Waals surface area contributed by atoms with E-state index in [0.717, 1.165) is 38.5 Å². The number of allylic oxidation sites excluding steroid dienone is 2. The maximum atomic E-state index is 10.8. The molecule has 2 N–H and O–H groups in total. The van der Waals surface area contributed by atoms with Crippen LogP contribution in [0.15, 0.2) is 24.3 Å². The minimum absolute atomic E-state index is 0.0129. The first-order valence-electron chi connectivity index (χ1n) is 13.5. The lowest BCUT2D eigenvalue weighted by atomic mass is 9.44. The average molecular weight is 443 g/mol. The van der Waals surface area contributed by atoms with Crippen molar-refractivity contribution in [2.75, 3.05) is 0 Å². The maximum Gasteiger partial charge on any atom is 0.0594 e. The Morgan fingerprint density at radius 2 is 1.00 bits per heavy atom. The number of fused-ring (bicyclic) bond motifs is 2. The van der Waals surface area contributed by atoms with Crippen LogP contribution in [0.4, 0.5) is 0 Å². The van der Waals surface area contributed by atoms with Crippen LogP contribution in [0.2, 0.25) is 0 Å². The smallest absolute Gasteiger partial charge is 0.0594 e. The standard InChI is InChI=1S/C30H50O2/c1-19-9-13-23-27(3,4)25(31)15-17-29(23,7)21(19)11-12-22-20(2)10-14-24-28(5,6)26(32)16-18-30(22,24)8/h21-26,31-32H,1-2,9-18H2,3-8H3/t21?,22?,23-,24-,25-,26-,29+,30+/m0/s1. The van der Waals surface area contributed by atoms with Crippen molar-refractivity contribution < 1.29 is 10.2 Å². The zero-order valence-corrected chi connectivity index (χ0v) is 21.8. The lowest BCUT2D eigenvalue weighted by molar-refractivity contribution is -0.134. The van der Waals surface area contributed by atoms with Crippen molar-refractivity contribution in [3.8, 4) is 0 Å². The first-order chi connectivity index (χ1) is 14.8. The van der Waals surface area contributed by atoms with Crippen molar-refractivity contribution in [2.45, 2.75) is 118 Å². The topological polar surface area (TPSA) is 40.5 Å². The van der Waals surface area contributed by atoms with Crippen LogP contribution >= 0.6 is 0 Å². The number of rotatable bonds is 3. The van der Waals surface area contributed by atoms with Crippen molar-refractivity contribution >= 4 is 0 Å². The van der Waals surface area contributed by atoms with Crippen molar-refractivity contribution in [3.63, 3.8) is 0 Å². The molecule has 0 heterocycles. The van der Waals surface area contributed by atoms with E-state index in [1.165, 1.54) is 36.8 Å². The highest BCUT2D eigenvalue weighted by atomic mass is 16.3. The summed E-state index contributed by atoms with van der Waals surface area (Å²) in [7, 11) is 0. The summed E-state index contributed by atoms with van der Waals surface area (Å²) in [6, 6.07) is 0. The van der Waals surface area contributed by atoms with E-state index < -0.39 is 0 Å². The van der Waals surface area contributed by atoms with E-state index in [1.807, 2.05) is 0 Å². The molecule has 2 heteroatoms. The lowest BCUT2D eigenvalue weighted by Crippen LogP contribution is -2.56. The van der Waals surface area contributed by atoms with E-state index in [0.29, 0.717) is 23.7 Å². The fraction of sp³-hybridized carbons (Fsp3) is 0.867. The van der Waals surface area contributed by atoms with E-state index >= 15 is 0 Å². The molecule has 0 aromatic rings. The summed E-state index contributed by atoms with van der Waals surface area (Å²) >= 11 is 0. The zero-order valence-electron chi connectivity index (χ0n) is 21.8. The second-order valence-corrected chi connectivity index (χ2v) is 13.9. The Hall–Kier alpha value is -0.600. The fourth-order valence-electron chi connectivity index (χ4n) is 9.73. The van der Waals surface area contributed by atoms with Crippen LogP contribution in [-0.4, -0.2) is 22.4 Å². The summed E-state index contributed by atoms with van der Waals surface area (Å²) in [5.41, 5.74) is 3.38. The Balaban J connectivity index is 1.57. The molecule has 4 fully saturated rings. The molecule has 8 atom stereocenters. The molecule has 2 unspecified atom stereocenters. The van der Waals surface area contributed by atoms with Crippen LogP contribution in [0.5, 0.6) is 0 Å². The van der Waals surface area contributed by atoms with Gasteiger partial charge in [-0.05, 0) is 110 Å². The quantitative estimate of drug-likeness (QED) is 0.450. The average Bonchev–Trinajstić information content (AvgIpc) is 2.69. The van der Waals surface area contributed by atoms with Crippen LogP contribution in [0.25, 0.3) is 0 Å². The molecule has 0 aromatic carbocycles. The molecule has 0 aromatic heterocycles. The van der Waals surface area contributed by atoms with Gasteiger partial charge in [-0.3, -0.25) is 0 Å². The molecule has 0 saturated heterocycles. The van der Waals surface area contributed by atoms with Gasteiger partial charge in [0.1, 0.15) is 0 Å². The molecule has 4 saturated carbocycles. The molecule has 0 radical (unpaired) electrons. The van der Waals surface area contributed by atoms with Gasteiger partial charge in [-0.2, -0.15) is 0 Å². The van der Waals surface area contributed by atoms with Crippen molar-refractivity contribution in [3.05, 3.63) is 24.3 Å². The third-order valence-electron chi connectivity index (χ3n) is 11.8. The molecule has 182 valence electrons. The number of hydrogen-bond donors (Lipinski definition) is 2. The SMILES string of the molecule is C=C1CC[C@H]2C(C)(C)[C@@H](O)CC[C@]2(C)C1CCC1C(=C)CC[C@H]2C(C)(C)[C@@H](O)CC[C@]12C. The van der Waals surface area contributed by atoms with E-state index in [1.54, 1.807) is 0 Å². The normalized spacial score (nSPS) is 48.1. The number of aliphatic hydroxyl groups is 2. The van der Waals surface area contributed by atoms with Gasteiger partial charge in [0.15, 0.2) is 0 Å². The van der Waals surface area contributed by atoms with Crippen LogP contribution in [0.1, 0.15) is 106 Å². The lowest BCUT2D eigenvalue weighted by Gasteiger charge is -2.61. The minimum atomic E-state index is -0.179. The molecule has 0 amide bonds. The molecular weight excluding hydrogens is 392 g/mol. The van der Waals surface area contributed by atoms with Crippen LogP contribution in [0.3, 0.4) is 0 Å². The summed E-state index contributed by atoms with van der Waals surface area (Å²) in [6.45, 7) is 23.4. The zero-order chi connectivity index (χ0) is 23.7. The monoisotopic (exact) mass is 442 g/mol. The summed E-state index contributed by atoms with van der Waals surface area (Å²) in [5, 5.41) is 21.6. The highest BCUT2D eigenvalue weighted by molar-refractivity contribution is 5.20. The molecule has 4 aliphatic rings. The van der Waals surface area contributed by atoms with Gasteiger partial charge in [-0.15, -0.1) is 0 Å². The maximum absolute atomic E-state index is 10.8. The molecule has 4 rings (SSSR count). The van der Waals surface area contributed by atoms with E-state index in [4.69, 9.17) is 0 Å². The van der Waals surface area contributed by atoms with Gasteiger partial charge in [0.25, 0.3) is 0 Å². The minimum Gasteiger partial charge on any atom is -0.393 e. The van der Waals surface area contributed by atoms with Gasteiger partial charge in [-0.1, -0.05) is 65.8 Å². The highest BCUT2D eigenvalue weighted by Gasteiger charge is 2.58. The van der Waals surface area contributed by atoms with Gasteiger partial charge >= 0.3 is 0 Å². The number of aliphatic hydroxyl groups excluding tert-OH is 2. The summed E-state index contributed by atoms with van der Waals surface area (Å²) in [4.78, 5) is 0. The Bertz CT molecular complexity index is 699. The summed E-state index contributed by atoms with van der Waals surface area (Å²) < 4.78 is 0. The predicted octanol–water partition coefficient (Wildman–Crippen LogP) is 7.31. The molecule has 2 nitrogen and oxygen atoms in total. The molecule has 0 spiro atoms. The first-order valence-corrected chi connectivity index (χ1v) is 13.5. The van der Waals surface area contributed by atoms with Gasteiger partial charge in [0, 0.05) is 0 Å². The van der Waals surface area contributed by atoms with Crippen molar-refractivity contribution in [1.29, 1.82) is 0 Å². The number of hydrogen-bond acceptors (Lipinski definition) is 2. The molecule has 0 bridgehead atoms. The van der Waals surface area contributed by atoms with Crippen LogP contribution in [0, 0.1) is 45.3 Å². The van der Waals surface area contributed by atoms with E-state index in [9.17, 15) is 10.2 Å². The molecule has 32 heavy (non-hydrogen) atoms. The van der Waals surface area contributed by atoms with E-state index in [-0.39, 0.29) is 33.9 Å². The second-order valence-electron chi connectivity index (χ2n) is 13.9. The fourth-order valence-corrected chi connectivity index (χ4v) is 9.73. The first kappa shape index (κ1) is 24.5. The largest absolute Gasteiger partial charge is 0.393 e.